The van der Waals surface area contributed by atoms with Gasteiger partial charge < -0.3 is 9.72 Å². The number of aromatic nitrogens is 1. The van der Waals surface area contributed by atoms with E-state index in [4.69, 9.17) is 4.74 Å². The summed E-state index contributed by atoms with van der Waals surface area (Å²) in [6, 6.07) is 15.1. The van der Waals surface area contributed by atoms with Gasteiger partial charge in [0.1, 0.15) is 5.75 Å². The number of hydrogen-bond acceptors (Lipinski definition) is 4. The number of H-pyrrole nitrogens is 1. The van der Waals surface area contributed by atoms with Crippen LogP contribution < -0.4 is 19.5 Å². The zero-order valence-corrected chi connectivity index (χ0v) is 15.4. The summed E-state index contributed by atoms with van der Waals surface area (Å²) in [5.41, 5.74) is 2.47. The van der Waals surface area contributed by atoms with Crippen molar-refractivity contribution in [2.24, 2.45) is 0 Å². The number of ether oxygens (including phenoxy) is 1. The zero-order chi connectivity index (χ0) is 18.5. The predicted octanol–water partition coefficient (Wildman–Crippen LogP) is 2.50. The number of ketones is 1. The first-order valence-electron chi connectivity index (χ1n) is 8.29. The molecule has 0 fully saturated rings. The second-order valence-electron chi connectivity index (χ2n) is 5.73. The fourth-order valence-corrected chi connectivity index (χ4v) is 3.46. The number of methoxy groups -OCH3 is 1. The molecule has 0 bridgehead atoms. The lowest BCUT2D eigenvalue weighted by molar-refractivity contribution is 0.105. The van der Waals surface area contributed by atoms with Crippen molar-refractivity contribution in [1.82, 2.24) is 4.98 Å². The van der Waals surface area contributed by atoms with Gasteiger partial charge in [-0.05, 0) is 35.8 Å². The molecule has 26 heavy (non-hydrogen) atoms. The van der Waals surface area contributed by atoms with E-state index in [0.717, 1.165) is 12.0 Å². The van der Waals surface area contributed by atoms with Crippen LogP contribution in [-0.4, -0.2) is 17.9 Å². The Kier molecular flexibility index (Phi) is 5.49. The average molecular weight is 365 g/mol. The van der Waals surface area contributed by atoms with E-state index in [1.807, 2.05) is 30.3 Å². The summed E-state index contributed by atoms with van der Waals surface area (Å²) in [5, 5.41) is 0. The Bertz CT molecular complexity index is 1090. The third-order valence-electron chi connectivity index (χ3n) is 4.00. The number of thiazole rings is 1. The standard InChI is InChI=1S/C21H19NO3S/c1-3-14-8-10-15(11-9-14)12-19-21(24)22-20(26-19)13-17(23)16-6-4-5-7-18(16)25-2/h4-13H,3H2,1-2H3,(H,22,24)/b19-12-,20-13-. The van der Waals surface area contributed by atoms with Gasteiger partial charge in [0, 0.05) is 6.08 Å². The Hall–Kier alpha value is -2.92. The maximum atomic E-state index is 12.5. The Morgan fingerprint density at radius 3 is 2.58 bits per heavy atom. The molecule has 1 heterocycles. The lowest BCUT2D eigenvalue weighted by atomic mass is 10.1. The molecule has 5 heteroatoms. The van der Waals surface area contributed by atoms with Gasteiger partial charge in [-0.15, -0.1) is 11.3 Å². The minimum absolute atomic E-state index is 0.200. The van der Waals surface area contributed by atoms with Crippen LogP contribution >= 0.6 is 11.3 Å². The van der Waals surface area contributed by atoms with Crippen LogP contribution in [0.2, 0.25) is 0 Å². The number of aryl methyl sites for hydroxylation is 1. The fourth-order valence-electron chi connectivity index (χ4n) is 2.57. The average Bonchev–Trinajstić information content (AvgIpc) is 3.01. The number of rotatable bonds is 5. The number of nitrogens with one attached hydrogen (secondary N) is 1. The Labute approximate surface area is 155 Å². The summed E-state index contributed by atoms with van der Waals surface area (Å²) >= 11 is 1.26. The van der Waals surface area contributed by atoms with Crippen LogP contribution in [-0.2, 0) is 6.42 Å². The van der Waals surface area contributed by atoms with Crippen molar-refractivity contribution in [2.45, 2.75) is 13.3 Å². The molecule has 1 N–H and O–H groups in total. The van der Waals surface area contributed by atoms with Crippen LogP contribution in [0.1, 0.15) is 28.4 Å². The molecule has 0 aliphatic heterocycles. The number of carbonyl (C=O) groups is 1. The van der Waals surface area contributed by atoms with E-state index in [1.165, 1.54) is 30.1 Å². The molecule has 0 aliphatic carbocycles. The number of hydrogen-bond donors (Lipinski definition) is 1. The second-order valence-corrected chi connectivity index (χ2v) is 6.82. The quantitative estimate of drug-likeness (QED) is 0.707. The van der Waals surface area contributed by atoms with E-state index in [9.17, 15) is 9.59 Å². The molecule has 0 aliphatic rings. The smallest absolute Gasteiger partial charge is 0.266 e. The molecule has 3 rings (SSSR count). The van der Waals surface area contributed by atoms with Crippen molar-refractivity contribution in [2.75, 3.05) is 7.11 Å². The number of benzene rings is 2. The Balaban J connectivity index is 1.96. The second kappa shape index (κ2) is 7.97. The molecular weight excluding hydrogens is 346 g/mol. The first kappa shape index (κ1) is 17.9. The van der Waals surface area contributed by atoms with E-state index in [1.54, 1.807) is 24.3 Å². The van der Waals surface area contributed by atoms with Gasteiger partial charge in [-0.3, -0.25) is 9.59 Å². The van der Waals surface area contributed by atoms with E-state index < -0.39 is 0 Å². The van der Waals surface area contributed by atoms with Gasteiger partial charge in [0.2, 0.25) is 0 Å². The van der Waals surface area contributed by atoms with Gasteiger partial charge in [0.15, 0.2) is 5.78 Å². The third kappa shape index (κ3) is 4.00. The first-order chi connectivity index (χ1) is 12.6. The van der Waals surface area contributed by atoms with Crippen LogP contribution in [0.25, 0.3) is 12.2 Å². The van der Waals surface area contributed by atoms with Gasteiger partial charge in [0.05, 0.1) is 21.9 Å². The van der Waals surface area contributed by atoms with Crippen molar-refractivity contribution in [3.63, 3.8) is 0 Å². The minimum atomic E-state index is -0.209. The van der Waals surface area contributed by atoms with Gasteiger partial charge in [-0.1, -0.05) is 43.3 Å². The summed E-state index contributed by atoms with van der Waals surface area (Å²) in [6.07, 6.45) is 4.24. The van der Waals surface area contributed by atoms with Crippen LogP contribution in [0.15, 0.2) is 53.3 Å². The fraction of sp³-hybridized carbons (Fsp3) is 0.143. The Morgan fingerprint density at radius 2 is 1.88 bits per heavy atom. The largest absolute Gasteiger partial charge is 0.496 e. The van der Waals surface area contributed by atoms with E-state index in [2.05, 4.69) is 11.9 Å². The lowest BCUT2D eigenvalue weighted by Crippen LogP contribution is -2.20. The summed E-state index contributed by atoms with van der Waals surface area (Å²) in [4.78, 5) is 27.4. The topological polar surface area (TPSA) is 59.2 Å². The van der Waals surface area contributed by atoms with Crippen LogP contribution in [0, 0.1) is 0 Å². The molecule has 132 valence electrons. The molecule has 0 saturated heterocycles. The number of Topliss-reactive ketones (excluding diaryl/α,β-unsaturated/α-hetero) is 1. The molecule has 2 aromatic carbocycles. The molecule has 4 nitrogen and oxygen atoms in total. The van der Waals surface area contributed by atoms with E-state index in [0.29, 0.717) is 20.5 Å². The van der Waals surface area contributed by atoms with Gasteiger partial charge in [-0.25, -0.2) is 0 Å². The molecule has 0 spiro atoms. The molecule has 0 unspecified atom stereocenters. The van der Waals surface area contributed by atoms with Crippen molar-refractivity contribution in [1.29, 1.82) is 0 Å². The highest BCUT2D eigenvalue weighted by Gasteiger charge is 2.09. The first-order valence-corrected chi connectivity index (χ1v) is 9.11. The molecule has 3 aromatic rings. The normalized spacial score (nSPS) is 12.4. The zero-order valence-electron chi connectivity index (χ0n) is 14.6. The molecule has 0 atom stereocenters. The maximum absolute atomic E-state index is 12.5. The van der Waals surface area contributed by atoms with Crippen molar-refractivity contribution in [3.05, 3.63) is 84.8 Å². The molecule has 0 radical (unpaired) electrons. The van der Waals surface area contributed by atoms with Crippen LogP contribution in [0.3, 0.4) is 0 Å². The summed E-state index contributed by atoms with van der Waals surface area (Å²) in [5.74, 6) is 0.300. The summed E-state index contributed by atoms with van der Waals surface area (Å²) in [6.45, 7) is 2.10. The number of aromatic amines is 1. The summed E-state index contributed by atoms with van der Waals surface area (Å²) < 4.78 is 6.29. The lowest BCUT2D eigenvalue weighted by Gasteiger charge is -2.03. The predicted molar refractivity (Wildman–Crippen MR) is 105 cm³/mol. The van der Waals surface area contributed by atoms with Crippen molar-refractivity contribution >= 4 is 29.3 Å². The van der Waals surface area contributed by atoms with Gasteiger partial charge >= 0.3 is 0 Å². The maximum Gasteiger partial charge on any atom is 0.266 e. The number of para-hydroxylation sites is 1. The van der Waals surface area contributed by atoms with Crippen LogP contribution in [0.4, 0.5) is 0 Å². The van der Waals surface area contributed by atoms with Crippen molar-refractivity contribution in [3.8, 4) is 5.75 Å². The van der Waals surface area contributed by atoms with E-state index >= 15 is 0 Å². The van der Waals surface area contributed by atoms with E-state index in [-0.39, 0.29) is 11.3 Å². The molecule has 0 amide bonds. The highest BCUT2D eigenvalue weighted by atomic mass is 32.1. The van der Waals surface area contributed by atoms with Crippen molar-refractivity contribution < 1.29 is 9.53 Å². The van der Waals surface area contributed by atoms with Gasteiger partial charge in [0.25, 0.3) is 5.56 Å². The SMILES string of the molecule is CCc1ccc(/C=c2\s/c(=C\C(=O)c3ccccc3OC)[nH]c2=O)cc1. The monoisotopic (exact) mass is 365 g/mol. The Morgan fingerprint density at radius 1 is 1.15 bits per heavy atom. The summed E-state index contributed by atoms with van der Waals surface area (Å²) in [7, 11) is 1.52. The molecule has 1 aromatic heterocycles. The third-order valence-corrected chi connectivity index (χ3v) is 4.96. The van der Waals surface area contributed by atoms with Gasteiger partial charge in [-0.2, -0.15) is 0 Å². The molecule has 0 saturated carbocycles. The minimum Gasteiger partial charge on any atom is -0.496 e. The highest BCUT2D eigenvalue weighted by Crippen LogP contribution is 2.18. The number of carbonyl (C=O) groups excluding carboxylic acids is 1. The highest BCUT2D eigenvalue weighted by molar-refractivity contribution is 7.07. The molecular formula is C21H19NO3S. The van der Waals surface area contributed by atoms with Crippen LogP contribution in [0.5, 0.6) is 5.75 Å².